The van der Waals surface area contributed by atoms with Crippen molar-refractivity contribution in [3.63, 3.8) is 0 Å². The van der Waals surface area contributed by atoms with E-state index in [9.17, 15) is 9.65 Å². The molecule has 0 radical (unpaired) electrons. The number of aromatic nitrogens is 2. The summed E-state index contributed by atoms with van der Waals surface area (Å²) in [6, 6.07) is 6.98. The number of unbranched alkanes of at least 4 members (excludes halogenated alkanes) is 1. The molecule has 246 valence electrons. The Balaban J connectivity index is 0.000000354. The molecule has 1 aromatic heterocycles. The van der Waals surface area contributed by atoms with E-state index in [1.807, 2.05) is 6.07 Å². The van der Waals surface area contributed by atoms with Crippen LogP contribution in [-0.4, -0.2) is 45.7 Å². The molecule has 5 unspecified atom stereocenters. The van der Waals surface area contributed by atoms with Gasteiger partial charge in [-0.05, 0) is 87.4 Å². The number of anilines is 2. The maximum absolute atomic E-state index is 13.0. The summed E-state index contributed by atoms with van der Waals surface area (Å²) < 4.78 is 13.0. The van der Waals surface area contributed by atoms with Crippen LogP contribution in [0.5, 0.6) is 0 Å². The van der Waals surface area contributed by atoms with Crippen LogP contribution in [0.15, 0.2) is 24.4 Å². The monoisotopic (exact) mass is 616 g/mol. The number of fused-ring (bicyclic) bond motifs is 1. The molecule has 0 bridgehead atoms. The topological polar surface area (TPSA) is 82.1 Å². The van der Waals surface area contributed by atoms with Crippen molar-refractivity contribution >= 4 is 11.5 Å². The molecular weight excluding hydrogens is 559 g/mol. The van der Waals surface area contributed by atoms with E-state index < -0.39 is 6.17 Å². The molecule has 45 heavy (non-hydrogen) atoms. The maximum Gasteiger partial charge on any atom is 0.140 e. The fraction of sp³-hybridized carbons (Fsp3) is 0.658. The van der Waals surface area contributed by atoms with Crippen LogP contribution in [0.1, 0.15) is 145 Å². The van der Waals surface area contributed by atoms with E-state index in [-0.39, 0.29) is 11.5 Å². The number of alkyl halides is 1. The number of hydrogen-bond acceptors (Lipinski definition) is 6. The number of aryl methyl sites for hydroxylation is 1. The van der Waals surface area contributed by atoms with E-state index in [1.54, 1.807) is 0 Å². The molecule has 2 fully saturated rings. The van der Waals surface area contributed by atoms with Gasteiger partial charge in [-0.15, -0.1) is 0 Å². The molecule has 5 atom stereocenters. The van der Waals surface area contributed by atoms with Crippen LogP contribution in [0.2, 0.25) is 0 Å². The van der Waals surface area contributed by atoms with E-state index in [0.717, 1.165) is 80.8 Å². The van der Waals surface area contributed by atoms with Crippen molar-refractivity contribution in [3.05, 3.63) is 58.2 Å². The molecule has 7 heteroatoms. The Hall–Kier alpha value is -2.98. The van der Waals surface area contributed by atoms with Gasteiger partial charge in [0.2, 0.25) is 0 Å². The Morgan fingerprint density at radius 2 is 1.93 bits per heavy atom. The summed E-state index contributed by atoms with van der Waals surface area (Å²) in [7, 11) is 0. The van der Waals surface area contributed by atoms with Gasteiger partial charge < -0.3 is 10.6 Å². The van der Waals surface area contributed by atoms with Gasteiger partial charge in [0.15, 0.2) is 0 Å². The molecule has 6 nitrogen and oxygen atoms in total. The van der Waals surface area contributed by atoms with Crippen LogP contribution >= 0.6 is 0 Å². The quantitative estimate of drug-likeness (QED) is 0.269. The van der Waals surface area contributed by atoms with Crippen LogP contribution < -0.4 is 10.6 Å². The van der Waals surface area contributed by atoms with E-state index in [1.165, 1.54) is 36.1 Å². The van der Waals surface area contributed by atoms with Crippen LogP contribution in [-0.2, 0) is 19.3 Å². The lowest BCUT2D eigenvalue weighted by atomic mass is 9.76. The zero-order chi connectivity index (χ0) is 32.9. The molecule has 2 aromatic rings. The fourth-order valence-corrected chi connectivity index (χ4v) is 7.73. The number of halogens is 1. The first-order valence-electron chi connectivity index (χ1n) is 17.6. The second kappa shape index (κ2) is 15.1. The van der Waals surface area contributed by atoms with Crippen LogP contribution in [0.25, 0.3) is 0 Å². The molecule has 2 N–H and O–H groups in total. The minimum Gasteiger partial charge on any atom is -0.398 e. The highest BCUT2D eigenvalue weighted by molar-refractivity contribution is 5.64. The summed E-state index contributed by atoms with van der Waals surface area (Å²) >= 11 is 0. The van der Waals surface area contributed by atoms with Crippen LogP contribution in [0.4, 0.5) is 15.9 Å². The van der Waals surface area contributed by atoms with Crippen molar-refractivity contribution in [3.8, 4) is 6.07 Å². The Kier molecular flexibility index (Phi) is 11.7. The number of nitriles is 1. The third-order valence-electron chi connectivity index (χ3n) is 10.9. The van der Waals surface area contributed by atoms with Gasteiger partial charge in [-0.2, -0.15) is 5.26 Å². The zero-order valence-electron chi connectivity index (χ0n) is 29.1. The maximum atomic E-state index is 13.0. The minimum atomic E-state index is -0.597. The minimum absolute atomic E-state index is 0.133. The molecule has 1 aromatic carbocycles. The number of rotatable bonds is 10. The summed E-state index contributed by atoms with van der Waals surface area (Å²) in [5.41, 5.74) is 13.7. The van der Waals surface area contributed by atoms with Crippen molar-refractivity contribution in [2.75, 3.05) is 23.7 Å². The molecule has 0 amide bonds. The number of nitrogens with zero attached hydrogens (tertiary/aromatic N) is 5. The predicted molar refractivity (Wildman–Crippen MR) is 185 cm³/mol. The van der Waals surface area contributed by atoms with Gasteiger partial charge in [-0.3, -0.25) is 4.90 Å². The van der Waals surface area contributed by atoms with Gasteiger partial charge >= 0.3 is 0 Å². The van der Waals surface area contributed by atoms with Gasteiger partial charge in [0.1, 0.15) is 23.9 Å². The third-order valence-corrected chi connectivity index (χ3v) is 10.9. The van der Waals surface area contributed by atoms with Crippen molar-refractivity contribution in [1.29, 1.82) is 5.26 Å². The SMILES string of the molecule is C=C1CC(CCCC)N1c1nc(CC)nc2c1CCC(c1c(C(C)CC)ccc(N)c1C#N)C2.CCN1CC(F)CC1(C)CC. The number of nitrogens with two attached hydrogens (primary N) is 1. The Morgan fingerprint density at radius 1 is 1.18 bits per heavy atom. The fourth-order valence-electron chi connectivity index (χ4n) is 7.73. The zero-order valence-corrected chi connectivity index (χ0v) is 29.1. The van der Waals surface area contributed by atoms with Crippen molar-refractivity contribution < 1.29 is 4.39 Å². The number of nitrogen functional groups attached to an aromatic ring is 1. The predicted octanol–water partition coefficient (Wildman–Crippen LogP) is 8.78. The molecule has 2 aliphatic heterocycles. The van der Waals surface area contributed by atoms with E-state index in [2.05, 4.69) is 77.0 Å². The average Bonchev–Trinajstić information content (AvgIpc) is 3.35. The first-order valence-corrected chi connectivity index (χ1v) is 17.6. The summed E-state index contributed by atoms with van der Waals surface area (Å²) in [4.78, 5) is 14.7. The van der Waals surface area contributed by atoms with E-state index in [4.69, 9.17) is 15.7 Å². The molecule has 0 saturated carbocycles. The van der Waals surface area contributed by atoms with E-state index in [0.29, 0.717) is 29.8 Å². The Bertz CT molecular complexity index is 1380. The standard InChI is InChI=1S/C29H39N5.C9H18FN/c1-6-9-10-21-15-19(5)34(21)29-23-12-11-20(16-26(23)32-27(8-3)33-29)28-22(18(4)7-2)13-14-25(31)24(28)17-30;1-4-9(3)6-8(10)7-11(9)5-2/h13-14,18,20-21H,5-12,15-16,31H2,1-4H3;8H,4-7H2,1-3H3. The highest BCUT2D eigenvalue weighted by atomic mass is 19.1. The highest BCUT2D eigenvalue weighted by Gasteiger charge is 2.40. The normalized spacial score (nSPS) is 25.2. The van der Waals surface area contributed by atoms with Gasteiger partial charge in [0, 0.05) is 47.9 Å². The summed E-state index contributed by atoms with van der Waals surface area (Å²) in [5.74, 6) is 2.63. The molecule has 5 rings (SSSR count). The Labute approximate surface area is 272 Å². The lowest BCUT2D eigenvalue weighted by Gasteiger charge is -2.45. The summed E-state index contributed by atoms with van der Waals surface area (Å²) in [6.07, 6.45) is 10.5. The molecule has 2 saturated heterocycles. The number of hydrogen-bond donors (Lipinski definition) is 1. The first kappa shape index (κ1) is 34.9. The lowest BCUT2D eigenvalue weighted by Crippen LogP contribution is -2.46. The van der Waals surface area contributed by atoms with Crippen molar-refractivity contribution in [2.24, 2.45) is 0 Å². The third kappa shape index (κ3) is 7.22. The van der Waals surface area contributed by atoms with Crippen LogP contribution in [0, 0.1) is 11.3 Å². The lowest BCUT2D eigenvalue weighted by molar-refractivity contribution is 0.159. The van der Waals surface area contributed by atoms with Crippen LogP contribution in [0.3, 0.4) is 0 Å². The van der Waals surface area contributed by atoms with Crippen molar-refractivity contribution in [1.82, 2.24) is 14.9 Å². The molecular formula is C38H57FN6. The largest absolute Gasteiger partial charge is 0.398 e. The average molecular weight is 617 g/mol. The highest BCUT2D eigenvalue weighted by Crippen LogP contribution is 2.44. The van der Waals surface area contributed by atoms with E-state index >= 15 is 0 Å². The second-order valence-electron chi connectivity index (χ2n) is 13.8. The van der Waals surface area contributed by atoms with Gasteiger partial charge in [-0.25, -0.2) is 14.4 Å². The Morgan fingerprint density at radius 3 is 2.51 bits per heavy atom. The smallest absolute Gasteiger partial charge is 0.140 e. The molecule has 3 aliphatic rings. The van der Waals surface area contributed by atoms with Gasteiger partial charge in [-0.1, -0.05) is 67.0 Å². The number of likely N-dealkylation sites (tertiary alicyclic amines) is 1. The molecule has 1 aliphatic carbocycles. The van der Waals surface area contributed by atoms with Gasteiger partial charge in [0.05, 0.1) is 11.3 Å². The van der Waals surface area contributed by atoms with Gasteiger partial charge in [0.25, 0.3) is 0 Å². The summed E-state index contributed by atoms with van der Waals surface area (Å²) in [6.45, 7) is 21.2. The second-order valence-corrected chi connectivity index (χ2v) is 13.8. The molecule has 3 heterocycles. The first-order chi connectivity index (χ1) is 21.5. The molecule has 0 spiro atoms. The number of benzene rings is 1. The summed E-state index contributed by atoms with van der Waals surface area (Å²) in [5, 5.41) is 10.00. The van der Waals surface area contributed by atoms with Crippen molar-refractivity contribution in [2.45, 2.75) is 149 Å².